The summed E-state index contributed by atoms with van der Waals surface area (Å²) >= 11 is 0. The molecule has 0 aromatic carbocycles. The lowest BCUT2D eigenvalue weighted by Gasteiger charge is -2.50. The summed E-state index contributed by atoms with van der Waals surface area (Å²) in [7, 11) is 0. The molecule has 6 heteroatoms. The lowest BCUT2D eigenvalue weighted by Crippen LogP contribution is -2.71. The molecule has 0 spiro atoms. The number of carbonyl (C=O) groups excluding carboxylic acids is 1. The third-order valence-electron chi connectivity index (χ3n) is 3.96. The lowest BCUT2D eigenvalue weighted by atomic mass is 9.80. The zero-order chi connectivity index (χ0) is 13.6. The zero-order valence-corrected chi connectivity index (χ0v) is 11.1. The highest BCUT2D eigenvalue weighted by atomic mass is 16.2. The summed E-state index contributed by atoms with van der Waals surface area (Å²) in [6.07, 6.45) is 6.61. The lowest BCUT2D eigenvalue weighted by molar-refractivity contribution is 0.0276. The van der Waals surface area contributed by atoms with Crippen LogP contribution < -0.4 is 5.73 Å². The normalized spacial score (nSPS) is 17.8. The summed E-state index contributed by atoms with van der Waals surface area (Å²) in [6, 6.07) is 0. The van der Waals surface area contributed by atoms with E-state index in [1.807, 2.05) is 0 Å². The summed E-state index contributed by atoms with van der Waals surface area (Å²) < 4.78 is 1.65. The molecule has 0 saturated carbocycles. The van der Waals surface area contributed by atoms with E-state index in [0.29, 0.717) is 24.6 Å². The minimum atomic E-state index is -0.253. The van der Waals surface area contributed by atoms with Crippen LogP contribution in [0.5, 0.6) is 0 Å². The molecule has 1 saturated heterocycles. The summed E-state index contributed by atoms with van der Waals surface area (Å²) in [5.74, 6) is 0.340. The van der Waals surface area contributed by atoms with Crippen LogP contribution in [-0.2, 0) is 0 Å². The molecule has 2 aromatic heterocycles. The van der Waals surface area contributed by atoms with E-state index in [9.17, 15) is 4.79 Å². The second kappa shape index (κ2) is 4.03. The molecule has 1 amide bonds. The first kappa shape index (κ1) is 12.1. The summed E-state index contributed by atoms with van der Waals surface area (Å²) in [5.41, 5.74) is 7.27. The maximum Gasteiger partial charge on any atom is 0.257 e. The number of rotatable bonds is 2. The van der Waals surface area contributed by atoms with Crippen LogP contribution in [0.1, 0.15) is 24.2 Å². The van der Waals surface area contributed by atoms with Crippen LogP contribution in [0.25, 0.3) is 5.52 Å². The number of aromatic nitrogens is 3. The molecular weight excluding hydrogens is 242 g/mol. The summed E-state index contributed by atoms with van der Waals surface area (Å²) in [6.45, 7) is 5.37. The predicted octanol–water partition coefficient (Wildman–Crippen LogP) is 0.539. The maximum absolute atomic E-state index is 12.4. The Morgan fingerprint density at radius 2 is 2.16 bits per heavy atom. The van der Waals surface area contributed by atoms with Crippen LogP contribution in [0.3, 0.4) is 0 Å². The van der Waals surface area contributed by atoms with Crippen LogP contribution >= 0.6 is 0 Å². The molecular formula is C13H17N5O. The number of likely N-dealkylation sites (tertiary alicyclic amines) is 1. The van der Waals surface area contributed by atoms with Gasteiger partial charge < -0.3 is 10.6 Å². The molecule has 6 nitrogen and oxygen atoms in total. The van der Waals surface area contributed by atoms with Crippen LogP contribution in [-0.4, -0.2) is 44.0 Å². The number of fused-ring (bicyclic) bond motifs is 1. The minimum absolute atomic E-state index is 0.0234. The Hall–Kier alpha value is -1.95. The molecule has 0 unspecified atom stereocenters. The SMILES string of the molecule is CC(C)C1(N)CN(C(=O)c2cnn3ccncc23)C1. The van der Waals surface area contributed by atoms with Crippen LogP contribution in [0.4, 0.5) is 0 Å². The Morgan fingerprint density at radius 3 is 2.84 bits per heavy atom. The van der Waals surface area contributed by atoms with Gasteiger partial charge in [0.15, 0.2) is 0 Å². The van der Waals surface area contributed by atoms with Crippen molar-refractivity contribution >= 4 is 11.4 Å². The molecule has 1 aliphatic rings. The van der Waals surface area contributed by atoms with Gasteiger partial charge in [0.25, 0.3) is 5.91 Å². The van der Waals surface area contributed by atoms with E-state index < -0.39 is 0 Å². The monoisotopic (exact) mass is 259 g/mol. The van der Waals surface area contributed by atoms with E-state index in [1.165, 1.54) is 0 Å². The van der Waals surface area contributed by atoms with Crippen molar-refractivity contribution in [2.45, 2.75) is 19.4 Å². The van der Waals surface area contributed by atoms with Crippen molar-refractivity contribution < 1.29 is 4.79 Å². The number of hydrogen-bond acceptors (Lipinski definition) is 4. The quantitative estimate of drug-likeness (QED) is 0.854. The number of carbonyl (C=O) groups is 1. The van der Waals surface area contributed by atoms with Crippen molar-refractivity contribution in [3.8, 4) is 0 Å². The van der Waals surface area contributed by atoms with Crippen molar-refractivity contribution in [2.75, 3.05) is 13.1 Å². The smallest absolute Gasteiger partial charge is 0.257 e. The molecule has 3 heterocycles. The van der Waals surface area contributed by atoms with Gasteiger partial charge in [0, 0.05) is 25.5 Å². The third kappa shape index (κ3) is 1.79. The molecule has 1 aliphatic heterocycles. The van der Waals surface area contributed by atoms with Crippen molar-refractivity contribution in [2.24, 2.45) is 11.7 Å². The highest BCUT2D eigenvalue weighted by Crippen LogP contribution is 2.28. The second-order valence-electron chi connectivity index (χ2n) is 5.51. The number of amides is 1. The Kier molecular flexibility index (Phi) is 2.56. The molecule has 3 rings (SSSR count). The largest absolute Gasteiger partial charge is 0.335 e. The minimum Gasteiger partial charge on any atom is -0.335 e. The van der Waals surface area contributed by atoms with Crippen molar-refractivity contribution in [1.82, 2.24) is 19.5 Å². The Morgan fingerprint density at radius 1 is 1.42 bits per heavy atom. The van der Waals surface area contributed by atoms with Gasteiger partial charge in [0.05, 0.1) is 29.0 Å². The van der Waals surface area contributed by atoms with Crippen molar-refractivity contribution in [3.05, 3.63) is 30.4 Å². The Labute approximate surface area is 111 Å². The molecule has 2 N–H and O–H groups in total. The van der Waals surface area contributed by atoms with E-state index in [-0.39, 0.29) is 11.4 Å². The highest BCUT2D eigenvalue weighted by molar-refractivity contribution is 6.01. The average Bonchev–Trinajstić information content (AvgIpc) is 2.77. The van der Waals surface area contributed by atoms with Crippen LogP contribution in [0.2, 0.25) is 0 Å². The first-order chi connectivity index (χ1) is 9.01. The van der Waals surface area contributed by atoms with Gasteiger partial charge >= 0.3 is 0 Å². The Balaban J connectivity index is 1.83. The molecule has 0 radical (unpaired) electrons. The first-order valence-electron chi connectivity index (χ1n) is 6.37. The predicted molar refractivity (Wildman–Crippen MR) is 70.6 cm³/mol. The fourth-order valence-electron chi connectivity index (χ4n) is 2.34. The van der Waals surface area contributed by atoms with Gasteiger partial charge in [-0.3, -0.25) is 9.78 Å². The topological polar surface area (TPSA) is 76.5 Å². The number of nitrogens with zero attached hydrogens (tertiary/aromatic N) is 4. The second-order valence-corrected chi connectivity index (χ2v) is 5.51. The fourth-order valence-corrected chi connectivity index (χ4v) is 2.34. The van der Waals surface area contributed by atoms with Crippen molar-refractivity contribution in [3.63, 3.8) is 0 Å². The van der Waals surface area contributed by atoms with Crippen LogP contribution in [0, 0.1) is 5.92 Å². The van der Waals surface area contributed by atoms with Gasteiger partial charge in [0.1, 0.15) is 0 Å². The molecule has 0 bridgehead atoms. The molecule has 0 aliphatic carbocycles. The number of nitrogens with two attached hydrogens (primary N) is 1. The molecule has 2 aromatic rings. The van der Waals surface area contributed by atoms with Gasteiger partial charge in [-0.05, 0) is 5.92 Å². The molecule has 19 heavy (non-hydrogen) atoms. The Bertz CT molecular complexity index is 627. The number of hydrogen-bond donors (Lipinski definition) is 1. The van der Waals surface area contributed by atoms with E-state index in [2.05, 4.69) is 23.9 Å². The molecule has 0 atom stereocenters. The summed E-state index contributed by atoms with van der Waals surface area (Å²) in [4.78, 5) is 18.2. The van der Waals surface area contributed by atoms with Crippen LogP contribution in [0.15, 0.2) is 24.8 Å². The van der Waals surface area contributed by atoms with E-state index in [4.69, 9.17) is 5.73 Å². The average molecular weight is 259 g/mol. The summed E-state index contributed by atoms with van der Waals surface area (Å²) in [5, 5.41) is 4.15. The first-order valence-corrected chi connectivity index (χ1v) is 6.37. The van der Waals surface area contributed by atoms with E-state index in [1.54, 1.807) is 34.2 Å². The van der Waals surface area contributed by atoms with Crippen molar-refractivity contribution in [1.29, 1.82) is 0 Å². The molecule has 100 valence electrons. The van der Waals surface area contributed by atoms with Gasteiger partial charge in [-0.25, -0.2) is 4.52 Å². The van der Waals surface area contributed by atoms with Gasteiger partial charge in [-0.15, -0.1) is 0 Å². The fraction of sp³-hybridized carbons (Fsp3) is 0.462. The highest BCUT2D eigenvalue weighted by Gasteiger charge is 2.44. The third-order valence-corrected chi connectivity index (χ3v) is 3.96. The van der Waals surface area contributed by atoms with E-state index in [0.717, 1.165) is 5.52 Å². The zero-order valence-electron chi connectivity index (χ0n) is 11.1. The maximum atomic E-state index is 12.4. The van der Waals surface area contributed by atoms with Gasteiger partial charge in [-0.1, -0.05) is 13.8 Å². The molecule has 1 fully saturated rings. The standard InChI is InChI=1S/C13H17N5O/c1-9(2)13(14)7-17(8-13)12(19)10-5-16-18-4-3-15-6-11(10)18/h3-6,9H,7-8,14H2,1-2H3. The van der Waals surface area contributed by atoms with E-state index >= 15 is 0 Å². The van der Waals surface area contributed by atoms with Gasteiger partial charge in [-0.2, -0.15) is 5.10 Å². The van der Waals surface area contributed by atoms with Gasteiger partial charge in [0.2, 0.25) is 0 Å².